The highest BCUT2D eigenvalue weighted by Crippen LogP contribution is 2.15. The van der Waals surface area contributed by atoms with E-state index in [-0.39, 0.29) is 0 Å². The first-order valence-corrected chi connectivity index (χ1v) is 4.44. The van der Waals surface area contributed by atoms with Crippen LogP contribution in [0.1, 0.15) is 33.1 Å². The lowest BCUT2D eigenvalue weighted by Crippen LogP contribution is -1.96. The van der Waals surface area contributed by atoms with Gasteiger partial charge in [-0.2, -0.15) is 0 Å². The topological polar surface area (TPSA) is 0 Å². The van der Waals surface area contributed by atoms with Crippen molar-refractivity contribution in [2.45, 2.75) is 33.1 Å². The van der Waals surface area contributed by atoms with E-state index in [0.717, 1.165) is 12.3 Å². The Morgan fingerprint density at radius 3 is 2.27 bits per heavy atom. The van der Waals surface area contributed by atoms with E-state index < -0.39 is 0 Å². The van der Waals surface area contributed by atoms with E-state index >= 15 is 0 Å². The molecule has 0 aliphatic carbocycles. The highest BCUT2D eigenvalue weighted by atomic mass is 14.1. The third-order valence-electron chi connectivity index (χ3n) is 2.09. The zero-order chi connectivity index (χ0) is 8.69. The van der Waals surface area contributed by atoms with Crippen molar-refractivity contribution in [2.24, 2.45) is 11.8 Å². The standard InChI is InChI=1S/C11H20/c1-5-7-11(4)9-8-10(3)6-2/h5-6,10-11H,1-2,7-9H2,3-4H3. The van der Waals surface area contributed by atoms with Crippen LogP contribution in [0.25, 0.3) is 0 Å². The summed E-state index contributed by atoms with van der Waals surface area (Å²) >= 11 is 0. The molecule has 0 aromatic rings. The first-order chi connectivity index (χ1) is 5.20. The fraction of sp³-hybridized carbons (Fsp3) is 0.636. The number of hydrogen-bond donors (Lipinski definition) is 0. The maximum atomic E-state index is 3.76. The molecular formula is C11H20. The van der Waals surface area contributed by atoms with Crippen molar-refractivity contribution in [2.75, 3.05) is 0 Å². The smallest absolute Gasteiger partial charge is 0.0265 e. The Balaban J connectivity index is 3.36. The van der Waals surface area contributed by atoms with Crippen LogP contribution in [0, 0.1) is 11.8 Å². The van der Waals surface area contributed by atoms with Crippen LogP contribution < -0.4 is 0 Å². The van der Waals surface area contributed by atoms with Crippen LogP contribution in [0.2, 0.25) is 0 Å². The molecule has 0 amide bonds. The first-order valence-electron chi connectivity index (χ1n) is 4.44. The molecule has 0 rings (SSSR count). The summed E-state index contributed by atoms with van der Waals surface area (Å²) in [5.41, 5.74) is 0. The van der Waals surface area contributed by atoms with Gasteiger partial charge in [-0.05, 0) is 31.1 Å². The zero-order valence-electron chi connectivity index (χ0n) is 7.84. The van der Waals surface area contributed by atoms with E-state index in [0.29, 0.717) is 5.92 Å². The normalized spacial score (nSPS) is 15.5. The van der Waals surface area contributed by atoms with Gasteiger partial charge in [0.2, 0.25) is 0 Å². The molecular weight excluding hydrogens is 132 g/mol. The molecule has 0 N–H and O–H groups in total. The SMILES string of the molecule is C=CCC(C)CCC(C)C=C. The monoisotopic (exact) mass is 152 g/mol. The van der Waals surface area contributed by atoms with E-state index in [4.69, 9.17) is 0 Å². The molecule has 0 spiro atoms. The number of rotatable bonds is 6. The molecule has 11 heavy (non-hydrogen) atoms. The van der Waals surface area contributed by atoms with Crippen molar-refractivity contribution in [3.05, 3.63) is 25.3 Å². The fourth-order valence-corrected chi connectivity index (χ4v) is 1.07. The summed E-state index contributed by atoms with van der Waals surface area (Å²) in [6, 6.07) is 0. The van der Waals surface area contributed by atoms with Crippen LogP contribution in [-0.2, 0) is 0 Å². The summed E-state index contributed by atoms with van der Waals surface area (Å²) in [6.45, 7) is 12.0. The molecule has 0 heteroatoms. The molecule has 0 bridgehead atoms. The Morgan fingerprint density at radius 1 is 1.18 bits per heavy atom. The second-order valence-corrected chi connectivity index (χ2v) is 3.42. The second-order valence-electron chi connectivity index (χ2n) is 3.42. The lowest BCUT2D eigenvalue weighted by atomic mass is 9.96. The van der Waals surface area contributed by atoms with E-state index in [1.54, 1.807) is 0 Å². The minimum absolute atomic E-state index is 0.669. The van der Waals surface area contributed by atoms with Crippen molar-refractivity contribution >= 4 is 0 Å². The summed E-state index contributed by atoms with van der Waals surface area (Å²) in [6.07, 6.45) is 7.73. The molecule has 0 radical (unpaired) electrons. The minimum atomic E-state index is 0.669. The van der Waals surface area contributed by atoms with E-state index in [1.807, 2.05) is 12.2 Å². The van der Waals surface area contributed by atoms with Gasteiger partial charge in [0.15, 0.2) is 0 Å². The van der Waals surface area contributed by atoms with E-state index in [2.05, 4.69) is 27.0 Å². The van der Waals surface area contributed by atoms with E-state index in [1.165, 1.54) is 12.8 Å². The average molecular weight is 152 g/mol. The van der Waals surface area contributed by atoms with Crippen molar-refractivity contribution in [1.29, 1.82) is 0 Å². The molecule has 0 aliphatic rings. The molecule has 0 nitrogen and oxygen atoms in total. The van der Waals surface area contributed by atoms with Crippen molar-refractivity contribution < 1.29 is 0 Å². The molecule has 0 aliphatic heterocycles. The Kier molecular flexibility index (Phi) is 5.91. The summed E-state index contributed by atoms with van der Waals surface area (Å²) < 4.78 is 0. The molecule has 0 aromatic heterocycles. The fourth-order valence-electron chi connectivity index (χ4n) is 1.07. The van der Waals surface area contributed by atoms with Crippen LogP contribution in [-0.4, -0.2) is 0 Å². The number of hydrogen-bond acceptors (Lipinski definition) is 0. The maximum Gasteiger partial charge on any atom is -0.0265 e. The Morgan fingerprint density at radius 2 is 1.82 bits per heavy atom. The van der Waals surface area contributed by atoms with Gasteiger partial charge < -0.3 is 0 Å². The van der Waals surface area contributed by atoms with Crippen LogP contribution in [0.15, 0.2) is 25.3 Å². The molecule has 0 saturated heterocycles. The van der Waals surface area contributed by atoms with Gasteiger partial charge in [-0.1, -0.05) is 26.0 Å². The van der Waals surface area contributed by atoms with E-state index in [9.17, 15) is 0 Å². The van der Waals surface area contributed by atoms with Gasteiger partial charge in [0.05, 0.1) is 0 Å². The molecule has 0 heterocycles. The van der Waals surface area contributed by atoms with Gasteiger partial charge in [-0.3, -0.25) is 0 Å². The summed E-state index contributed by atoms with van der Waals surface area (Å²) in [4.78, 5) is 0. The summed E-state index contributed by atoms with van der Waals surface area (Å²) in [5, 5.41) is 0. The molecule has 0 fully saturated rings. The van der Waals surface area contributed by atoms with Crippen molar-refractivity contribution in [3.8, 4) is 0 Å². The highest BCUT2D eigenvalue weighted by molar-refractivity contribution is 4.77. The van der Waals surface area contributed by atoms with Crippen LogP contribution in [0.4, 0.5) is 0 Å². The minimum Gasteiger partial charge on any atom is -0.103 e. The third-order valence-corrected chi connectivity index (χ3v) is 2.09. The molecule has 2 atom stereocenters. The largest absolute Gasteiger partial charge is 0.103 e. The molecule has 64 valence electrons. The quantitative estimate of drug-likeness (QED) is 0.508. The van der Waals surface area contributed by atoms with Crippen molar-refractivity contribution in [3.63, 3.8) is 0 Å². The molecule has 2 unspecified atom stereocenters. The molecule has 0 aromatic carbocycles. The first kappa shape index (κ1) is 10.5. The zero-order valence-corrected chi connectivity index (χ0v) is 7.84. The third kappa shape index (κ3) is 5.90. The van der Waals surface area contributed by atoms with Crippen LogP contribution in [0.3, 0.4) is 0 Å². The predicted molar refractivity (Wildman–Crippen MR) is 52.6 cm³/mol. The summed E-state index contributed by atoms with van der Waals surface area (Å²) in [7, 11) is 0. The van der Waals surface area contributed by atoms with Crippen LogP contribution >= 0.6 is 0 Å². The van der Waals surface area contributed by atoms with Gasteiger partial charge in [0.25, 0.3) is 0 Å². The lowest BCUT2D eigenvalue weighted by Gasteiger charge is -2.10. The summed E-state index contributed by atoms with van der Waals surface area (Å²) in [5.74, 6) is 1.46. The highest BCUT2D eigenvalue weighted by Gasteiger charge is 2.01. The van der Waals surface area contributed by atoms with Gasteiger partial charge in [0.1, 0.15) is 0 Å². The van der Waals surface area contributed by atoms with Gasteiger partial charge in [-0.15, -0.1) is 13.2 Å². The second kappa shape index (κ2) is 6.21. The molecule has 0 saturated carbocycles. The van der Waals surface area contributed by atoms with Gasteiger partial charge in [0, 0.05) is 0 Å². The van der Waals surface area contributed by atoms with Gasteiger partial charge in [-0.25, -0.2) is 0 Å². The van der Waals surface area contributed by atoms with Crippen LogP contribution in [0.5, 0.6) is 0 Å². The Hall–Kier alpha value is -0.520. The number of allylic oxidation sites excluding steroid dienone is 2. The maximum absolute atomic E-state index is 3.76. The lowest BCUT2D eigenvalue weighted by molar-refractivity contribution is 0.475. The predicted octanol–water partition coefficient (Wildman–Crippen LogP) is 3.80. The van der Waals surface area contributed by atoms with Crippen molar-refractivity contribution in [1.82, 2.24) is 0 Å². The average Bonchev–Trinajstić information content (AvgIpc) is 2.01. The Bertz CT molecular complexity index is 113. The van der Waals surface area contributed by atoms with Gasteiger partial charge >= 0.3 is 0 Å². The Labute approximate surface area is 71.0 Å².